The van der Waals surface area contributed by atoms with Gasteiger partial charge in [0.2, 0.25) is 11.7 Å². The molecule has 1 amide bonds. The molecule has 3 aliphatic carbocycles. The quantitative estimate of drug-likeness (QED) is 0.00399. The lowest BCUT2D eigenvalue weighted by Crippen LogP contribution is -2.42. The number of anilines is 1. The Hall–Kier alpha value is -14.8. The SMILES string of the molecule is CC1(CC2CC2)C(=O)Nc2nc(-c3nn(Cc4ccccc4F)c4ncccc34)nnc21.COC(=O)C(=O)C(C)(CC1CC1)C(=O)OC.COC(=O)C(C)(CC1CC1)c1nnc(-c2nn(Cc3ccccc3F)c3ncccc23)[nH]c1=O.N=C(N)c1nn(Cc2ccccc2F)c2ncccc12.NN=C(N)c1nn(Cc2ccccc2F)c2ncccc12. The normalized spacial score (nSPS) is 15.6. The smallest absolute Gasteiger partial charge is 0.375 e. The summed E-state index contributed by atoms with van der Waals surface area (Å²) in [5.74, 6) is 2.97. The maximum absolute atomic E-state index is 14.2. The number of ether oxygens (including phenoxy) is 3. The van der Waals surface area contributed by atoms with Crippen LogP contribution in [-0.4, -0.2) is 152 Å². The average molecular weight is 1670 g/mol. The third kappa shape index (κ3) is 18.2. The number of aromatic nitrogens is 18. The third-order valence-corrected chi connectivity index (χ3v) is 21.7. The third-order valence-electron chi connectivity index (χ3n) is 21.7. The molecule has 0 saturated heterocycles. The van der Waals surface area contributed by atoms with Crippen LogP contribution in [0.2, 0.25) is 0 Å². The zero-order valence-corrected chi connectivity index (χ0v) is 67.6. The van der Waals surface area contributed by atoms with Gasteiger partial charge in [-0.2, -0.15) is 25.5 Å². The van der Waals surface area contributed by atoms with Crippen LogP contribution in [0.25, 0.3) is 67.2 Å². The number of H-pyrrole nitrogens is 1. The van der Waals surface area contributed by atoms with Gasteiger partial charge in [-0.05, 0) is 131 Å². The Morgan fingerprint density at radius 1 is 0.528 bits per heavy atom. The molecule has 33 nitrogen and oxygen atoms in total. The zero-order valence-electron chi connectivity index (χ0n) is 67.6. The predicted octanol–water partition coefficient (Wildman–Crippen LogP) is 10.3. The number of halogens is 4. The fraction of sp³-hybridized carbons (Fsp3) is 0.291. The summed E-state index contributed by atoms with van der Waals surface area (Å²) in [6.07, 6.45) is 14.4. The van der Waals surface area contributed by atoms with E-state index < -0.39 is 45.5 Å². The van der Waals surface area contributed by atoms with E-state index in [1.807, 2.05) is 19.1 Å². The number of rotatable bonds is 23. The maximum atomic E-state index is 14.2. The first-order valence-electron chi connectivity index (χ1n) is 39.2. The molecule has 4 aromatic carbocycles. The van der Waals surface area contributed by atoms with Crippen LogP contribution in [0.4, 0.5) is 23.4 Å². The average Bonchev–Trinajstić information content (AvgIpc) is 1.63. The summed E-state index contributed by atoms with van der Waals surface area (Å²) in [6, 6.07) is 40.4. The lowest BCUT2D eigenvalue weighted by atomic mass is 9.80. The first-order chi connectivity index (χ1) is 59.2. The Labute approximate surface area is 698 Å². The highest BCUT2D eigenvalue weighted by atomic mass is 19.1. The van der Waals surface area contributed by atoms with E-state index in [0.29, 0.717) is 126 Å². The lowest BCUT2D eigenvalue weighted by molar-refractivity contribution is -0.166. The molecule has 11 heterocycles. The topological polar surface area (TPSA) is 459 Å². The van der Waals surface area contributed by atoms with Crippen LogP contribution in [0, 0.1) is 51.8 Å². The number of nitrogens with zero attached hydrogens (tertiary/aromatic N) is 18. The van der Waals surface area contributed by atoms with Crippen molar-refractivity contribution in [2.24, 2.45) is 45.6 Å². The lowest BCUT2D eigenvalue weighted by Gasteiger charge is -2.24. The fourth-order valence-electron chi connectivity index (χ4n) is 14.7. The van der Waals surface area contributed by atoms with Crippen LogP contribution < -0.4 is 28.2 Å². The standard InChI is InChI=1S/C24H23FN6O3.C23H20FN7O.C14H13FN6.C14H12FN5.C11H16O5/c1-24(23(33)34-2,12-14-9-10-14)19-22(32)27-20(29-28-19)18-16-7-5-11-26-21(16)31(30-18)13-15-6-3-4-8-17(15)25;1-23(11-13-8-9-13)18-20(27-22(23)32)26-19(29-28-18)17-15-6-4-10-25-21(15)31(30-17)12-14-5-2-3-7-16(14)24;15-11-6-2-1-4-9(11)8-21-14-10(5-3-7-18-14)12(20-21)13(16)19-17;15-11-6-2-1-4-9(11)8-20-14-10(5-3-7-18-14)12(19-20)13(16)17;1-11(10(14)16-3,6-7-4-5-7)8(12)9(13)15-2/h3-8,11,14H,9-10,12-13H2,1-2H3,(H,27,29,32);2-7,10,13H,8-9,11-12H2,1H3,(H,26,27,29,32);1-7H,8,17H2,(H2,16,19);1-7H,8H2,(H3,16,17);7H,4-6H2,1-3H3. The number of amidine groups is 2. The molecule has 18 rings (SSSR count). The molecule has 3 atom stereocenters. The second-order valence-corrected chi connectivity index (χ2v) is 30.7. The molecule has 3 saturated carbocycles. The number of pyridine rings is 4. The van der Waals surface area contributed by atoms with E-state index in [4.69, 9.17) is 27.5 Å². The summed E-state index contributed by atoms with van der Waals surface area (Å²) in [5, 5.41) is 51.6. The molecule has 9 N–H and O–H groups in total. The molecule has 1 aliphatic heterocycles. The first-order valence-corrected chi connectivity index (χ1v) is 39.2. The molecule has 10 aromatic heterocycles. The van der Waals surface area contributed by atoms with E-state index in [2.05, 4.69) is 90.6 Å². The minimum Gasteiger partial charge on any atom is -0.468 e. The largest absolute Gasteiger partial charge is 0.468 e. The van der Waals surface area contributed by atoms with Crippen molar-refractivity contribution in [2.45, 2.75) is 116 Å². The van der Waals surface area contributed by atoms with Crippen LogP contribution in [-0.2, 0) is 75.2 Å². The highest BCUT2D eigenvalue weighted by Crippen LogP contribution is 2.47. The Bertz CT molecular complexity index is 6480. The summed E-state index contributed by atoms with van der Waals surface area (Å²) in [7, 11) is 3.62. The number of methoxy groups -OCH3 is 3. The number of benzene rings is 4. The summed E-state index contributed by atoms with van der Waals surface area (Å²) in [5.41, 5.74) is 14.0. The number of hydrogen-bond acceptors (Lipinski definition) is 25. The highest BCUT2D eigenvalue weighted by Gasteiger charge is 2.51. The van der Waals surface area contributed by atoms with E-state index in [1.165, 1.54) is 45.4 Å². The number of nitrogens with two attached hydrogens (primary N) is 3. The molecule has 37 heteroatoms. The molecule has 3 fully saturated rings. The molecular weight excluding hydrogens is 1590 g/mol. The number of fused-ring (bicyclic) bond motifs is 5. The van der Waals surface area contributed by atoms with E-state index in [0.717, 1.165) is 62.8 Å². The van der Waals surface area contributed by atoms with Crippen molar-refractivity contribution in [3.8, 4) is 23.0 Å². The van der Waals surface area contributed by atoms with Gasteiger partial charge in [0, 0.05) is 47.0 Å². The molecule has 0 spiro atoms. The van der Waals surface area contributed by atoms with Gasteiger partial charge in [-0.3, -0.25) is 29.4 Å². The summed E-state index contributed by atoms with van der Waals surface area (Å²) >= 11 is 0. The number of amides is 1. The van der Waals surface area contributed by atoms with Gasteiger partial charge in [0.05, 0.1) is 74.5 Å². The number of aromatic amines is 1. The number of nitrogen functional groups attached to an aromatic ring is 1. The fourth-order valence-corrected chi connectivity index (χ4v) is 14.7. The minimum atomic E-state index is -1.40. The Morgan fingerprint density at radius 3 is 1.39 bits per heavy atom. The number of nitrogens with one attached hydrogen (secondary N) is 3. The second-order valence-electron chi connectivity index (χ2n) is 30.7. The van der Waals surface area contributed by atoms with Gasteiger partial charge in [0.1, 0.15) is 74.1 Å². The van der Waals surface area contributed by atoms with Gasteiger partial charge in [0.15, 0.2) is 40.1 Å². The monoisotopic (exact) mass is 1670 g/mol. The number of hydrogen-bond donors (Lipinski definition) is 6. The number of carbonyl (C=O) groups excluding carboxylic acids is 5. The summed E-state index contributed by atoms with van der Waals surface area (Å²) in [4.78, 5) is 97.7. The van der Waals surface area contributed by atoms with Crippen molar-refractivity contribution in [3.63, 3.8) is 0 Å². The Kier molecular flexibility index (Phi) is 24.8. The first kappa shape index (κ1) is 84.6. The van der Waals surface area contributed by atoms with Gasteiger partial charge in [0.25, 0.3) is 11.3 Å². The van der Waals surface area contributed by atoms with Crippen molar-refractivity contribution in [1.82, 2.24) is 89.4 Å². The molecule has 3 unspecified atom stereocenters. The molecule has 0 radical (unpaired) electrons. The summed E-state index contributed by atoms with van der Waals surface area (Å²) in [6.45, 7) is 5.87. The van der Waals surface area contributed by atoms with Gasteiger partial charge in [-0.25, -0.2) is 66.0 Å². The maximum Gasteiger partial charge on any atom is 0.375 e. The number of esters is 3. The Balaban J connectivity index is 0.000000129. The molecule has 0 bridgehead atoms. The van der Waals surface area contributed by atoms with Gasteiger partial charge in [-0.15, -0.1) is 20.4 Å². The van der Waals surface area contributed by atoms with Crippen molar-refractivity contribution in [3.05, 3.63) is 249 Å². The van der Waals surface area contributed by atoms with Crippen molar-refractivity contribution >= 4 is 91.2 Å². The van der Waals surface area contributed by atoms with Crippen LogP contribution in [0.15, 0.2) is 180 Å². The van der Waals surface area contributed by atoms with Crippen LogP contribution in [0.3, 0.4) is 0 Å². The van der Waals surface area contributed by atoms with E-state index in [1.54, 1.807) is 160 Å². The molecule has 14 aromatic rings. The van der Waals surface area contributed by atoms with E-state index in [-0.39, 0.29) is 78.5 Å². The molecular formula is C86H84F4N24O9. The van der Waals surface area contributed by atoms with Crippen molar-refractivity contribution in [1.29, 1.82) is 5.41 Å². The number of carbonyl (C=O) groups is 5. The molecule has 630 valence electrons. The number of hydrazone groups is 1. The van der Waals surface area contributed by atoms with Crippen LogP contribution in [0.1, 0.15) is 124 Å². The van der Waals surface area contributed by atoms with Crippen LogP contribution >= 0.6 is 0 Å². The van der Waals surface area contributed by atoms with Crippen molar-refractivity contribution in [2.75, 3.05) is 26.6 Å². The molecule has 4 aliphatic rings. The van der Waals surface area contributed by atoms with Crippen LogP contribution in [0.5, 0.6) is 0 Å². The van der Waals surface area contributed by atoms with Gasteiger partial charge < -0.3 is 41.8 Å². The zero-order chi connectivity index (χ0) is 87.0. The molecule has 123 heavy (non-hydrogen) atoms. The Morgan fingerprint density at radius 2 is 0.951 bits per heavy atom. The second kappa shape index (κ2) is 36.0. The van der Waals surface area contributed by atoms with E-state index in [9.17, 15) is 46.3 Å². The van der Waals surface area contributed by atoms with Crippen molar-refractivity contribution < 1.29 is 55.7 Å². The van der Waals surface area contributed by atoms with E-state index >= 15 is 0 Å². The minimum absolute atomic E-state index is 0.0169. The highest BCUT2D eigenvalue weighted by molar-refractivity contribution is 6.39. The predicted molar refractivity (Wildman–Crippen MR) is 443 cm³/mol. The number of Topliss-reactive ketones (excluding diaryl/α,β-unsaturated/α-hetero) is 1. The van der Waals surface area contributed by atoms with Gasteiger partial charge in [-0.1, -0.05) is 111 Å². The number of ketones is 1. The summed E-state index contributed by atoms with van der Waals surface area (Å²) < 4.78 is 76.2. The van der Waals surface area contributed by atoms with Gasteiger partial charge >= 0.3 is 17.9 Å².